The van der Waals surface area contributed by atoms with Crippen molar-refractivity contribution in [1.82, 2.24) is 5.32 Å². The van der Waals surface area contributed by atoms with E-state index in [1.54, 1.807) is 6.92 Å². The monoisotopic (exact) mass is 326 g/mol. The fraction of sp³-hybridized carbons (Fsp3) is 0.533. The lowest BCUT2D eigenvalue weighted by atomic mass is 10.0. The summed E-state index contributed by atoms with van der Waals surface area (Å²) in [4.78, 5) is 12.0. The average molecular weight is 326 g/mol. The van der Waals surface area contributed by atoms with E-state index in [4.69, 9.17) is 4.74 Å². The molecule has 22 heavy (non-hydrogen) atoms. The first-order valence-corrected chi connectivity index (χ1v) is 9.13. The van der Waals surface area contributed by atoms with Crippen LogP contribution in [0.5, 0.6) is 5.75 Å². The molecular weight excluding hydrogens is 304 g/mol. The molecule has 6 nitrogen and oxygen atoms in total. The Morgan fingerprint density at radius 2 is 2.09 bits per heavy atom. The average Bonchev–Trinajstić information content (AvgIpc) is 2.72. The molecule has 1 heterocycles. The number of hydrogen-bond donors (Lipinski definition) is 2. The maximum Gasteiger partial charge on any atom is 0.239 e. The lowest BCUT2D eigenvalue weighted by Gasteiger charge is -2.24. The van der Waals surface area contributed by atoms with Crippen molar-refractivity contribution in [3.63, 3.8) is 0 Å². The summed E-state index contributed by atoms with van der Waals surface area (Å²) in [6.07, 6.45) is 0.455. The molecule has 1 aliphatic rings. The number of anilines is 1. The molecule has 1 fully saturated rings. The molecule has 2 rings (SSSR count). The third-order valence-electron chi connectivity index (χ3n) is 3.57. The molecule has 0 bridgehead atoms. The number of carbonyl (C=O) groups is 1. The Bertz CT molecular complexity index is 645. The van der Waals surface area contributed by atoms with Gasteiger partial charge in [0, 0.05) is 0 Å². The largest absolute Gasteiger partial charge is 0.492 e. The molecule has 0 saturated carbocycles. The van der Waals surface area contributed by atoms with Gasteiger partial charge in [0.05, 0.1) is 35.9 Å². The number of carbonyl (C=O) groups excluding carboxylic acids is 1. The summed E-state index contributed by atoms with van der Waals surface area (Å²) in [7, 11) is -3.04. The van der Waals surface area contributed by atoms with Gasteiger partial charge in [-0.05, 0) is 32.4 Å². The SMILES string of the molecule is CCOc1ccccc1NCC(=O)N[C@@]1(C)CCS(=O)(=O)C1. The van der Waals surface area contributed by atoms with E-state index in [1.807, 2.05) is 31.2 Å². The quantitative estimate of drug-likeness (QED) is 0.820. The molecule has 1 aromatic rings. The Balaban J connectivity index is 1.91. The molecule has 122 valence electrons. The minimum absolute atomic E-state index is 0.00126. The second-order valence-electron chi connectivity index (χ2n) is 5.73. The van der Waals surface area contributed by atoms with Gasteiger partial charge in [-0.2, -0.15) is 0 Å². The van der Waals surface area contributed by atoms with E-state index in [1.165, 1.54) is 0 Å². The van der Waals surface area contributed by atoms with Crippen LogP contribution >= 0.6 is 0 Å². The van der Waals surface area contributed by atoms with E-state index in [0.29, 0.717) is 18.8 Å². The highest BCUT2D eigenvalue weighted by Crippen LogP contribution is 2.24. The van der Waals surface area contributed by atoms with Crippen LogP contribution in [0.15, 0.2) is 24.3 Å². The lowest BCUT2D eigenvalue weighted by Crippen LogP contribution is -2.48. The van der Waals surface area contributed by atoms with Crippen LogP contribution in [0.2, 0.25) is 0 Å². The van der Waals surface area contributed by atoms with Crippen molar-refractivity contribution in [3.8, 4) is 5.75 Å². The van der Waals surface area contributed by atoms with Gasteiger partial charge in [0.15, 0.2) is 9.84 Å². The van der Waals surface area contributed by atoms with Gasteiger partial charge in [0.1, 0.15) is 5.75 Å². The van der Waals surface area contributed by atoms with Crippen LogP contribution in [-0.2, 0) is 14.6 Å². The van der Waals surface area contributed by atoms with Gasteiger partial charge in [0.25, 0.3) is 0 Å². The molecule has 0 unspecified atom stereocenters. The van der Waals surface area contributed by atoms with Gasteiger partial charge < -0.3 is 15.4 Å². The van der Waals surface area contributed by atoms with Crippen LogP contribution in [0.25, 0.3) is 0 Å². The van der Waals surface area contributed by atoms with Gasteiger partial charge >= 0.3 is 0 Å². The Morgan fingerprint density at radius 3 is 2.73 bits per heavy atom. The standard InChI is InChI=1S/C15H22N2O4S/c1-3-21-13-7-5-4-6-12(13)16-10-14(18)17-15(2)8-9-22(19,20)11-15/h4-7,16H,3,8-11H2,1-2H3,(H,17,18)/t15-/m0/s1. The second kappa shape index (κ2) is 6.56. The van der Waals surface area contributed by atoms with Crippen molar-refractivity contribution in [1.29, 1.82) is 0 Å². The molecule has 1 aliphatic heterocycles. The zero-order valence-electron chi connectivity index (χ0n) is 12.9. The minimum Gasteiger partial charge on any atom is -0.492 e. The maximum absolute atomic E-state index is 12.0. The summed E-state index contributed by atoms with van der Waals surface area (Å²) >= 11 is 0. The highest BCUT2D eigenvalue weighted by molar-refractivity contribution is 7.91. The molecular formula is C15H22N2O4S. The van der Waals surface area contributed by atoms with Gasteiger partial charge in [-0.15, -0.1) is 0 Å². The van der Waals surface area contributed by atoms with E-state index in [0.717, 1.165) is 5.69 Å². The normalized spacial score (nSPS) is 23.0. The number of sulfone groups is 1. The second-order valence-corrected chi connectivity index (χ2v) is 7.92. The fourth-order valence-corrected chi connectivity index (χ4v) is 4.65. The number of nitrogens with one attached hydrogen (secondary N) is 2. The van der Waals surface area contributed by atoms with Crippen molar-refractivity contribution < 1.29 is 17.9 Å². The zero-order chi connectivity index (χ0) is 16.2. The molecule has 2 N–H and O–H groups in total. The van der Waals surface area contributed by atoms with Crippen molar-refractivity contribution in [2.24, 2.45) is 0 Å². The minimum atomic E-state index is -3.04. The molecule has 7 heteroatoms. The number of hydrogen-bond acceptors (Lipinski definition) is 5. The van der Waals surface area contributed by atoms with Crippen molar-refractivity contribution in [2.45, 2.75) is 25.8 Å². The first-order valence-electron chi connectivity index (χ1n) is 7.31. The number of para-hydroxylation sites is 2. The van der Waals surface area contributed by atoms with Crippen molar-refractivity contribution in [3.05, 3.63) is 24.3 Å². The molecule has 0 spiro atoms. The van der Waals surface area contributed by atoms with Crippen LogP contribution in [0.4, 0.5) is 5.69 Å². The van der Waals surface area contributed by atoms with E-state index in [9.17, 15) is 13.2 Å². The van der Waals surface area contributed by atoms with Crippen LogP contribution < -0.4 is 15.4 Å². The number of ether oxygens (including phenoxy) is 1. The van der Waals surface area contributed by atoms with Gasteiger partial charge in [0.2, 0.25) is 5.91 Å². The smallest absolute Gasteiger partial charge is 0.239 e. The number of benzene rings is 1. The summed E-state index contributed by atoms with van der Waals surface area (Å²) in [5, 5.41) is 5.83. The van der Waals surface area contributed by atoms with Crippen LogP contribution in [0, 0.1) is 0 Å². The summed E-state index contributed by atoms with van der Waals surface area (Å²) in [6.45, 7) is 4.27. The molecule has 0 radical (unpaired) electrons. The van der Waals surface area contributed by atoms with Crippen LogP contribution in [-0.4, -0.2) is 44.5 Å². The highest BCUT2D eigenvalue weighted by atomic mass is 32.2. The number of rotatable bonds is 6. The molecule has 1 aromatic carbocycles. The molecule has 1 amide bonds. The van der Waals surface area contributed by atoms with Crippen molar-refractivity contribution >= 4 is 21.4 Å². The first kappa shape index (κ1) is 16.6. The Labute approximate surface area is 131 Å². The third kappa shape index (κ3) is 4.37. The summed E-state index contributed by atoms with van der Waals surface area (Å²) in [5.41, 5.74) is 0.0699. The van der Waals surface area contributed by atoms with E-state index < -0.39 is 15.4 Å². The van der Waals surface area contributed by atoms with E-state index in [-0.39, 0.29) is 24.0 Å². The third-order valence-corrected chi connectivity index (χ3v) is 5.47. The van der Waals surface area contributed by atoms with Crippen LogP contribution in [0.1, 0.15) is 20.3 Å². The van der Waals surface area contributed by atoms with Crippen molar-refractivity contribution in [2.75, 3.05) is 30.0 Å². The molecule has 0 aliphatic carbocycles. The Hall–Kier alpha value is -1.76. The van der Waals surface area contributed by atoms with E-state index in [2.05, 4.69) is 10.6 Å². The van der Waals surface area contributed by atoms with E-state index >= 15 is 0 Å². The summed E-state index contributed by atoms with van der Waals surface area (Å²) in [5.74, 6) is 0.587. The number of amides is 1. The van der Waals surface area contributed by atoms with Gasteiger partial charge in [-0.3, -0.25) is 4.79 Å². The predicted molar refractivity (Wildman–Crippen MR) is 85.9 cm³/mol. The Morgan fingerprint density at radius 1 is 1.36 bits per heavy atom. The fourth-order valence-electron chi connectivity index (χ4n) is 2.56. The predicted octanol–water partition coefficient (Wildman–Crippen LogP) is 1.19. The molecule has 1 saturated heterocycles. The summed E-state index contributed by atoms with van der Waals surface area (Å²) < 4.78 is 28.6. The maximum atomic E-state index is 12.0. The zero-order valence-corrected chi connectivity index (χ0v) is 13.7. The summed E-state index contributed by atoms with van der Waals surface area (Å²) in [6, 6.07) is 7.38. The van der Waals surface area contributed by atoms with Crippen LogP contribution in [0.3, 0.4) is 0 Å². The lowest BCUT2D eigenvalue weighted by molar-refractivity contribution is -0.120. The highest BCUT2D eigenvalue weighted by Gasteiger charge is 2.39. The van der Waals surface area contributed by atoms with Gasteiger partial charge in [-0.25, -0.2) is 8.42 Å². The molecule has 0 aromatic heterocycles. The topological polar surface area (TPSA) is 84.5 Å². The van der Waals surface area contributed by atoms with Gasteiger partial charge in [-0.1, -0.05) is 12.1 Å². The Kier molecular flexibility index (Phi) is 4.95. The molecule has 1 atom stereocenters. The first-order chi connectivity index (χ1) is 10.3.